The zero-order valence-corrected chi connectivity index (χ0v) is 16.1. The molecule has 1 aromatic carbocycles. The predicted molar refractivity (Wildman–Crippen MR) is 101 cm³/mol. The quantitative estimate of drug-likeness (QED) is 0.762. The molecule has 8 heteroatoms. The summed E-state index contributed by atoms with van der Waals surface area (Å²) in [5, 5.41) is 4.42. The van der Waals surface area contributed by atoms with E-state index in [-0.39, 0.29) is 24.3 Å². The van der Waals surface area contributed by atoms with Gasteiger partial charge in [0.05, 0.1) is 22.4 Å². The van der Waals surface area contributed by atoms with Crippen molar-refractivity contribution >= 4 is 33.0 Å². The predicted octanol–water partition coefficient (Wildman–Crippen LogP) is 2.73. The molecule has 0 bridgehead atoms. The number of nitrogens with one attached hydrogen (secondary N) is 1. The van der Waals surface area contributed by atoms with Crippen LogP contribution in [0.4, 0.5) is 5.69 Å². The monoisotopic (exact) mass is 382 g/mol. The van der Waals surface area contributed by atoms with Crippen molar-refractivity contribution in [2.75, 3.05) is 23.7 Å². The maximum absolute atomic E-state index is 12.4. The molecule has 0 aliphatic heterocycles. The third-order valence-corrected chi connectivity index (χ3v) is 6.01. The highest BCUT2D eigenvalue weighted by molar-refractivity contribution is 7.92. The minimum absolute atomic E-state index is 0.0535. The normalized spacial score (nSPS) is 11.4. The summed E-state index contributed by atoms with van der Waals surface area (Å²) in [5.74, 6) is 0.251. The van der Waals surface area contributed by atoms with E-state index in [0.29, 0.717) is 16.3 Å². The number of ether oxygens (including phenoxy) is 1. The lowest BCUT2D eigenvalue weighted by molar-refractivity contribution is 0.0960. The van der Waals surface area contributed by atoms with Crippen molar-refractivity contribution in [3.05, 3.63) is 46.7 Å². The summed E-state index contributed by atoms with van der Waals surface area (Å²) in [6.07, 6.45) is 0.0549. The molecule has 0 saturated heterocycles. The minimum Gasteiger partial charge on any atom is -0.491 e. The number of hydrogen-bond donors (Lipinski definition) is 1. The molecule has 0 aliphatic rings. The molecule has 0 saturated carbocycles. The van der Waals surface area contributed by atoms with Gasteiger partial charge in [0.2, 0.25) is 10.0 Å². The number of hydrogen-bond acceptors (Lipinski definition) is 5. The SMILES string of the molecule is CC(C)Oc1ccc(N(C)S(=O)(=O)CCNC(=O)c2cccs2)cc1. The van der Waals surface area contributed by atoms with Gasteiger partial charge in [0.1, 0.15) is 5.75 Å². The molecule has 0 aliphatic carbocycles. The zero-order valence-electron chi connectivity index (χ0n) is 14.4. The molecule has 25 heavy (non-hydrogen) atoms. The van der Waals surface area contributed by atoms with Crippen molar-refractivity contribution in [1.82, 2.24) is 5.32 Å². The Kier molecular flexibility index (Phi) is 6.44. The molecule has 2 aromatic rings. The summed E-state index contributed by atoms with van der Waals surface area (Å²) in [6.45, 7) is 3.90. The highest BCUT2D eigenvalue weighted by Crippen LogP contribution is 2.21. The van der Waals surface area contributed by atoms with Crippen LogP contribution in [-0.4, -0.2) is 39.8 Å². The smallest absolute Gasteiger partial charge is 0.261 e. The molecule has 0 unspecified atom stereocenters. The van der Waals surface area contributed by atoms with Crippen molar-refractivity contribution in [3.8, 4) is 5.75 Å². The summed E-state index contributed by atoms with van der Waals surface area (Å²) in [4.78, 5) is 12.4. The second-order valence-corrected chi connectivity index (χ2v) is 8.74. The molecule has 6 nitrogen and oxygen atoms in total. The van der Waals surface area contributed by atoms with Gasteiger partial charge in [-0.1, -0.05) is 6.07 Å². The molecular weight excluding hydrogens is 360 g/mol. The van der Waals surface area contributed by atoms with Gasteiger partial charge in [-0.05, 0) is 49.6 Å². The Morgan fingerprint density at radius 3 is 2.48 bits per heavy atom. The lowest BCUT2D eigenvalue weighted by atomic mass is 10.3. The minimum atomic E-state index is -3.53. The van der Waals surface area contributed by atoms with Crippen LogP contribution in [0, 0.1) is 0 Å². The highest BCUT2D eigenvalue weighted by Gasteiger charge is 2.19. The third kappa shape index (κ3) is 5.47. The van der Waals surface area contributed by atoms with E-state index in [2.05, 4.69) is 5.32 Å². The molecule has 136 valence electrons. The average Bonchev–Trinajstić information content (AvgIpc) is 3.08. The number of carbonyl (C=O) groups is 1. The van der Waals surface area contributed by atoms with Gasteiger partial charge in [0.15, 0.2) is 0 Å². The van der Waals surface area contributed by atoms with Crippen molar-refractivity contribution < 1.29 is 17.9 Å². The zero-order chi connectivity index (χ0) is 18.4. The van der Waals surface area contributed by atoms with Gasteiger partial charge < -0.3 is 10.1 Å². The Morgan fingerprint density at radius 2 is 1.92 bits per heavy atom. The Labute approximate surface area is 152 Å². The van der Waals surface area contributed by atoms with Gasteiger partial charge in [-0.2, -0.15) is 0 Å². The van der Waals surface area contributed by atoms with Crippen molar-refractivity contribution in [3.63, 3.8) is 0 Å². The summed E-state index contributed by atoms with van der Waals surface area (Å²) in [6, 6.07) is 10.3. The first-order chi connectivity index (χ1) is 11.8. The molecule has 0 fully saturated rings. The molecule has 1 heterocycles. The van der Waals surface area contributed by atoms with Crippen molar-refractivity contribution in [1.29, 1.82) is 0 Å². The number of rotatable bonds is 8. The second-order valence-electron chi connectivity index (χ2n) is 5.68. The standard InChI is InChI=1S/C17H22N2O4S2/c1-13(2)23-15-8-6-14(7-9-15)19(3)25(21,22)12-10-18-17(20)16-5-4-11-24-16/h4-9,11,13H,10,12H2,1-3H3,(H,18,20). The lowest BCUT2D eigenvalue weighted by Gasteiger charge is -2.20. The highest BCUT2D eigenvalue weighted by atomic mass is 32.2. The van der Waals surface area contributed by atoms with Crippen LogP contribution in [0.5, 0.6) is 5.75 Å². The van der Waals surface area contributed by atoms with Gasteiger partial charge in [0, 0.05) is 13.6 Å². The van der Waals surface area contributed by atoms with Gasteiger partial charge in [-0.25, -0.2) is 8.42 Å². The summed E-state index contributed by atoms with van der Waals surface area (Å²) in [5.41, 5.74) is 0.542. The second kappa shape index (κ2) is 8.35. The maximum atomic E-state index is 12.4. The number of carbonyl (C=O) groups excluding carboxylic acids is 1. The Morgan fingerprint density at radius 1 is 1.24 bits per heavy atom. The van der Waals surface area contributed by atoms with Crippen LogP contribution in [0.3, 0.4) is 0 Å². The van der Waals surface area contributed by atoms with E-state index >= 15 is 0 Å². The van der Waals surface area contributed by atoms with Crippen LogP contribution >= 0.6 is 11.3 Å². The Bertz CT molecular complexity index is 785. The van der Waals surface area contributed by atoms with Crippen LogP contribution in [0.25, 0.3) is 0 Å². The van der Waals surface area contributed by atoms with Gasteiger partial charge >= 0.3 is 0 Å². The van der Waals surface area contributed by atoms with E-state index < -0.39 is 10.0 Å². The van der Waals surface area contributed by atoms with Gasteiger partial charge in [0.25, 0.3) is 5.91 Å². The van der Waals surface area contributed by atoms with E-state index in [0.717, 1.165) is 0 Å². The first-order valence-corrected chi connectivity index (χ1v) is 10.3. The van der Waals surface area contributed by atoms with E-state index in [1.165, 1.54) is 22.7 Å². The number of thiophene rings is 1. The number of sulfonamides is 1. The summed E-state index contributed by atoms with van der Waals surface area (Å²) in [7, 11) is -2.04. The van der Waals surface area contributed by atoms with Crippen LogP contribution in [0.1, 0.15) is 23.5 Å². The number of benzene rings is 1. The number of amides is 1. The van der Waals surface area contributed by atoms with Crippen molar-refractivity contribution in [2.24, 2.45) is 0 Å². The number of anilines is 1. The fraction of sp³-hybridized carbons (Fsp3) is 0.353. The lowest BCUT2D eigenvalue weighted by Crippen LogP contribution is -2.35. The average molecular weight is 383 g/mol. The molecule has 0 atom stereocenters. The van der Waals surface area contributed by atoms with Gasteiger partial charge in [-0.15, -0.1) is 11.3 Å². The summed E-state index contributed by atoms with van der Waals surface area (Å²) < 4.78 is 31.6. The maximum Gasteiger partial charge on any atom is 0.261 e. The van der Waals surface area contributed by atoms with Crippen LogP contribution in [0.15, 0.2) is 41.8 Å². The molecule has 1 aromatic heterocycles. The molecule has 0 radical (unpaired) electrons. The van der Waals surface area contributed by atoms with Gasteiger partial charge in [-0.3, -0.25) is 9.10 Å². The largest absolute Gasteiger partial charge is 0.491 e. The first-order valence-electron chi connectivity index (χ1n) is 7.84. The molecule has 0 spiro atoms. The van der Waals surface area contributed by atoms with Crippen LogP contribution in [0.2, 0.25) is 0 Å². The molecule has 1 N–H and O–H groups in total. The van der Waals surface area contributed by atoms with Crippen LogP contribution in [-0.2, 0) is 10.0 Å². The molecule has 2 rings (SSSR count). The fourth-order valence-electron chi connectivity index (χ4n) is 2.09. The Hall–Kier alpha value is -2.06. The third-order valence-electron chi connectivity index (χ3n) is 3.38. The van der Waals surface area contributed by atoms with E-state index in [1.807, 2.05) is 13.8 Å². The van der Waals surface area contributed by atoms with Crippen LogP contribution < -0.4 is 14.4 Å². The van der Waals surface area contributed by atoms with E-state index in [1.54, 1.807) is 41.8 Å². The Balaban J connectivity index is 1.92. The fourth-order valence-corrected chi connectivity index (χ4v) is 3.81. The number of nitrogens with zero attached hydrogens (tertiary/aromatic N) is 1. The topological polar surface area (TPSA) is 75.7 Å². The molecule has 1 amide bonds. The van der Waals surface area contributed by atoms with E-state index in [4.69, 9.17) is 4.74 Å². The molecular formula is C17H22N2O4S2. The van der Waals surface area contributed by atoms with Crippen molar-refractivity contribution in [2.45, 2.75) is 20.0 Å². The first kappa shape index (κ1) is 19.3. The van der Waals surface area contributed by atoms with E-state index in [9.17, 15) is 13.2 Å². The summed E-state index contributed by atoms with van der Waals surface area (Å²) >= 11 is 1.31.